The molecule has 13 heavy (non-hydrogen) atoms. The summed E-state index contributed by atoms with van der Waals surface area (Å²) in [6, 6.07) is 3.68. The van der Waals surface area contributed by atoms with E-state index in [1.165, 1.54) is 0 Å². The number of ketones is 1. The summed E-state index contributed by atoms with van der Waals surface area (Å²) < 4.78 is 0.910. The second kappa shape index (κ2) is 3.28. The molecule has 3 heteroatoms. The molecule has 66 valence electrons. The van der Waals surface area contributed by atoms with Crippen molar-refractivity contribution in [1.29, 1.82) is 0 Å². The third-order valence-corrected chi connectivity index (χ3v) is 2.92. The summed E-state index contributed by atoms with van der Waals surface area (Å²) >= 11 is 9.26. The molecule has 0 saturated heterocycles. The average Bonchev–Trinajstić information content (AvgIpc) is 2.06. The van der Waals surface area contributed by atoms with E-state index in [9.17, 15) is 4.79 Å². The Labute approximate surface area is 89.5 Å². The Hall–Kier alpha value is -0.600. The number of rotatable bonds is 0. The van der Waals surface area contributed by atoms with Crippen molar-refractivity contribution in [1.82, 2.24) is 0 Å². The van der Waals surface area contributed by atoms with Gasteiger partial charge in [-0.15, -0.1) is 0 Å². The summed E-state index contributed by atoms with van der Waals surface area (Å²) in [6.45, 7) is 0. The van der Waals surface area contributed by atoms with Crippen LogP contribution < -0.4 is 0 Å². The Morgan fingerprint density at radius 2 is 2.08 bits per heavy atom. The van der Waals surface area contributed by atoms with E-state index in [2.05, 4.69) is 15.9 Å². The SMILES string of the molecule is O=C1C=Cc2cc(Cl)cc(Br)c2C1. The Bertz CT molecular complexity index is 410. The van der Waals surface area contributed by atoms with Gasteiger partial charge in [0.2, 0.25) is 0 Å². The predicted molar refractivity (Wildman–Crippen MR) is 56.9 cm³/mol. The van der Waals surface area contributed by atoms with Crippen LogP contribution in [0.15, 0.2) is 22.7 Å². The van der Waals surface area contributed by atoms with E-state index in [0.29, 0.717) is 11.4 Å². The van der Waals surface area contributed by atoms with Crippen molar-refractivity contribution in [2.45, 2.75) is 6.42 Å². The third kappa shape index (κ3) is 1.69. The van der Waals surface area contributed by atoms with Crippen LogP contribution in [0.3, 0.4) is 0 Å². The molecule has 0 fully saturated rings. The van der Waals surface area contributed by atoms with Crippen molar-refractivity contribution in [3.63, 3.8) is 0 Å². The number of hydrogen-bond donors (Lipinski definition) is 0. The zero-order valence-corrected chi connectivity index (χ0v) is 9.02. The monoisotopic (exact) mass is 256 g/mol. The van der Waals surface area contributed by atoms with Crippen LogP contribution in [0.25, 0.3) is 6.08 Å². The fourth-order valence-corrected chi connectivity index (χ4v) is 2.35. The molecule has 1 aromatic carbocycles. The van der Waals surface area contributed by atoms with E-state index < -0.39 is 0 Å². The highest BCUT2D eigenvalue weighted by atomic mass is 79.9. The Morgan fingerprint density at radius 1 is 1.31 bits per heavy atom. The first kappa shape index (κ1) is 8.97. The summed E-state index contributed by atoms with van der Waals surface area (Å²) in [5, 5.41) is 0.685. The highest BCUT2D eigenvalue weighted by molar-refractivity contribution is 9.10. The molecule has 1 aliphatic carbocycles. The second-order valence-electron chi connectivity index (χ2n) is 2.93. The van der Waals surface area contributed by atoms with Gasteiger partial charge in [0.05, 0.1) is 0 Å². The number of allylic oxidation sites excluding steroid dienone is 1. The summed E-state index contributed by atoms with van der Waals surface area (Å²) in [6.07, 6.45) is 3.85. The van der Waals surface area contributed by atoms with Gasteiger partial charge in [0, 0.05) is 15.9 Å². The lowest BCUT2D eigenvalue weighted by Crippen LogP contribution is -2.05. The minimum atomic E-state index is 0.135. The third-order valence-electron chi connectivity index (χ3n) is 1.99. The number of carbonyl (C=O) groups is 1. The molecule has 0 saturated carbocycles. The van der Waals surface area contributed by atoms with Crippen LogP contribution in [-0.4, -0.2) is 5.78 Å². The number of fused-ring (bicyclic) bond motifs is 1. The first-order chi connectivity index (χ1) is 6.16. The van der Waals surface area contributed by atoms with Gasteiger partial charge in [0.15, 0.2) is 5.78 Å². The molecule has 0 heterocycles. The number of benzene rings is 1. The molecule has 1 aliphatic rings. The summed E-state index contributed by atoms with van der Waals surface area (Å²) in [4.78, 5) is 11.1. The molecule has 2 rings (SSSR count). The van der Waals surface area contributed by atoms with E-state index in [-0.39, 0.29) is 5.78 Å². The van der Waals surface area contributed by atoms with E-state index in [0.717, 1.165) is 15.6 Å². The number of carbonyl (C=O) groups excluding carboxylic acids is 1. The van der Waals surface area contributed by atoms with Crippen LogP contribution in [0.4, 0.5) is 0 Å². The maximum Gasteiger partial charge on any atom is 0.160 e. The normalized spacial score (nSPS) is 14.5. The highest BCUT2D eigenvalue weighted by Gasteiger charge is 2.13. The van der Waals surface area contributed by atoms with Crippen molar-refractivity contribution < 1.29 is 4.79 Å². The summed E-state index contributed by atoms with van der Waals surface area (Å²) in [5.74, 6) is 0.135. The van der Waals surface area contributed by atoms with E-state index in [1.807, 2.05) is 12.1 Å². The van der Waals surface area contributed by atoms with Gasteiger partial charge in [-0.2, -0.15) is 0 Å². The lowest BCUT2D eigenvalue weighted by molar-refractivity contribution is -0.114. The van der Waals surface area contributed by atoms with Crippen LogP contribution in [-0.2, 0) is 11.2 Å². The molecule has 0 spiro atoms. The first-order valence-electron chi connectivity index (χ1n) is 3.85. The maximum absolute atomic E-state index is 11.1. The van der Waals surface area contributed by atoms with Crippen molar-refractivity contribution in [2.24, 2.45) is 0 Å². The van der Waals surface area contributed by atoms with Gasteiger partial charge in [-0.25, -0.2) is 0 Å². The van der Waals surface area contributed by atoms with E-state index in [4.69, 9.17) is 11.6 Å². The lowest BCUT2D eigenvalue weighted by atomic mass is 9.97. The second-order valence-corrected chi connectivity index (χ2v) is 4.22. The largest absolute Gasteiger partial charge is 0.294 e. The van der Waals surface area contributed by atoms with Crippen molar-refractivity contribution in [3.05, 3.63) is 38.8 Å². The minimum absolute atomic E-state index is 0.135. The molecular weight excluding hydrogens is 251 g/mol. The summed E-state index contributed by atoms with van der Waals surface area (Å²) in [7, 11) is 0. The fourth-order valence-electron chi connectivity index (χ4n) is 1.37. The molecule has 0 radical (unpaired) electrons. The van der Waals surface area contributed by atoms with Crippen LogP contribution in [0.1, 0.15) is 11.1 Å². The fraction of sp³-hybridized carbons (Fsp3) is 0.100. The zero-order chi connectivity index (χ0) is 9.42. The summed E-state index contributed by atoms with van der Waals surface area (Å²) in [5.41, 5.74) is 2.05. The molecule has 1 nitrogen and oxygen atoms in total. The van der Waals surface area contributed by atoms with Crippen LogP contribution >= 0.6 is 27.5 Å². The van der Waals surface area contributed by atoms with Gasteiger partial charge in [-0.05, 0) is 29.3 Å². The zero-order valence-electron chi connectivity index (χ0n) is 6.68. The topological polar surface area (TPSA) is 17.1 Å². The Balaban J connectivity index is 2.62. The molecule has 0 bridgehead atoms. The van der Waals surface area contributed by atoms with Gasteiger partial charge >= 0.3 is 0 Å². The quantitative estimate of drug-likeness (QED) is 0.697. The molecule has 0 atom stereocenters. The molecule has 0 aromatic heterocycles. The van der Waals surface area contributed by atoms with Crippen LogP contribution in [0, 0.1) is 0 Å². The molecular formula is C10H6BrClO. The molecule has 0 N–H and O–H groups in total. The molecule has 1 aromatic rings. The smallest absolute Gasteiger partial charge is 0.160 e. The molecule has 0 unspecified atom stereocenters. The van der Waals surface area contributed by atoms with Crippen molar-refractivity contribution in [3.8, 4) is 0 Å². The average molecular weight is 258 g/mol. The first-order valence-corrected chi connectivity index (χ1v) is 5.03. The van der Waals surface area contributed by atoms with Crippen LogP contribution in [0.2, 0.25) is 5.02 Å². The molecule has 0 amide bonds. The van der Waals surface area contributed by atoms with Crippen LogP contribution in [0.5, 0.6) is 0 Å². The van der Waals surface area contributed by atoms with Crippen molar-refractivity contribution >= 4 is 39.4 Å². The lowest BCUT2D eigenvalue weighted by Gasteiger charge is -2.11. The predicted octanol–water partition coefficient (Wildman–Crippen LogP) is 3.24. The van der Waals surface area contributed by atoms with Gasteiger partial charge in [-0.3, -0.25) is 4.79 Å². The molecule has 0 aliphatic heterocycles. The standard InChI is InChI=1S/C10H6BrClO/c11-10-4-7(12)3-6-1-2-8(13)5-9(6)10/h1-4H,5H2. The Morgan fingerprint density at radius 3 is 2.85 bits per heavy atom. The van der Waals surface area contributed by atoms with E-state index >= 15 is 0 Å². The maximum atomic E-state index is 11.1. The number of hydrogen-bond acceptors (Lipinski definition) is 1. The number of halogens is 2. The van der Waals surface area contributed by atoms with Gasteiger partial charge in [-0.1, -0.05) is 33.6 Å². The van der Waals surface area contributed by atoms with Gasteiger partial charge < -0.3 is 0 Å². The highest BCUT2D eigenvalue weighted by Crippen LogP contribution is 2.29. The van der Waals surface area contributed by atoms with E-state index in [1.54, 1.807) is 12.2 Å². The van der Waals surface area contributed by atoms with Crippen molar-refractivity contribution in [2.75, 3.05) is 0 Å². The van der Waals surface area contributed by atoms with Gasteiger partial charge in [0.1, 0.15) is 0 Å². The van der Waals surface area contributed by atoms with Gasteiger partial charge in [0.25, 0.3) is 0 Å². The Kier molecular flexibility index (Phi) is 2.26. The minimum Gasteiger partial charge on any atom is -0.294 e.